The first-order valence-electron chi connectivity index (χ1n) is 9.58. The molecule has 2 aliphatic rings. The van der Waals surface area contributed by atoms with Crippen LogP contribution in [0.15, 0.2) is 24.4 Å². The van der Waals surface area contributed by atoms with Gasteiger partial charge in [-0.05, 0) is 63.6 Å². The molecule has 4 rings (SSSR count). The molecule has 2 saturated heterocycles. The van der Waals surface area contributed by atoms with E-state index in [0.717, 1.165) is 50.3 Å². The molecule has 7 heteroatoms. The van der Waals surface area contributed by atoms with Gasteiger partial charge in [0.1, 0.15) is 5.82 Å². The van der Waals surface area contributed by atoms with Crippen molar-refractivity contribution in [3.63, 3.8) is 0 Å². The number of ether oxygens (including phenoxy) is 1. The Balaban J connectivity index is 0.00000210. The minimum absolute atomic E-state index is 0. The Morgan fingerprint density at radius 2 is 2.00 bits per heavy atom. The van der Waals surface area contributed by atoms with Crippen LogP contribution in [-0.2, 0) is 6.54 Å². The Kier molecular flexibility index (Phi) is 6.73. The van der Waals surface area contributed by atoms with Crippen molar-refractivity contribution in [3.05, 3.63) is 36.0 Å². The van der Waals surface area contributed by atoms with Gasteiger partial charge in [-0.25, -0.2) is 9.37 Å². The van der Waals surface area contributed by atoms with Gasteiger partial charge >= 0.3 is 0 Å². The fraction of sp³-hybridized carbons (Fsp3) is 0.550. The predicted molar refractivity (Wildman–Crippen MR) is 107 cm³/mol. The molecule has 2 aliphatic heterocycles. The molecule has 0 atom stereocenters. The van der Waals surface area contributed by atoms with Crippen LogP contribution >= 0.6 is 12.4 Å². The standard InChI is InChI=1S/C20H27FN4O.ClH/c1-26-19-13-16(3-4-17(19)21)18-14-25(12-11-24-9-2-10-24)20(23-18)15-5-7-22-8-6-15;/h3-4,13-15,22H,2,5-12H2,1H3;1H. The van der Waals surface area contributed by atoms with E-state index >= 15 is 0 Å². The lowest BCUT2D eigenvalue weighted by Gasteiger charge is -2.31. The van der Waals surface area contributed by atoms with E-state index in [2.05, 4.69) is 21.0 Å². The zero-order valence-electron chi connectivity index (χ0n) is 15.8. The van der Waals surface area contributed by atoms with Crippen LogP contribution in [0.4, 0.5) is 4.39 Å². The Morgan fingerprint density at radius 3 is 2.67 bits per heavy atom. The second-order valence-electron chi connectivity index (χ2n) is 7.25. The quantitative estimate of drug-likeness (QED) is 0.816. The first-order chi connectivity index (χ1) is 12.7. The number of nitrogens with one attached hydrogen (secondary N) is 1. The number of aromatic nitrogens is 2. The summed E-state index contributed by atoms with van der Waals surface area (Å²) in [6, 6.07) is 4.98. The number of imidazole rings is 1. The van der Waals surface area contributed by atoms with Crippen molar-refractivity contribution in [1.82, 2.24) is 19.8 Å². The third-order valence-corrected chi connectivity index (χ3v) is 5.56. The van der Waals surface area contributed by atoms with Crippen LogP contribution in [0.5, 0.6) is 5.75 Å². The van der Waals surface area contributed by atoms with Gasteiger partial charge in [-0.2, -0.15) is 0 Å². The number of halogens is 2. The molecule has 0 aliphatic carbocycles. The lowest BCUT2D eigenvalue weighted by atomic mass is 9.97. The highest BCUT2D eigenvalue weighted by Gasteiger charge is 2.23. The zero-order valence-corrected chi connectivity index (χ0v) is 16.6. The largest absolute Gasteiger partial charge is 0.494 e. The molecule has 0 bridgehead atoms. The number of benzene rings is 1. The molecule has 2 fully saturated rings. The van der Waals surface area contributed by atoms with Gasteiger partial charge < -0.3 is 19.5 Å². The van der Waals surface area contributed by atoms with E-state index in [1.165, 1.54) is 38.5 Å². The average Bonchev–Trinajstić information content (AvgIpc) is 3.06. The van der Waals surface area contributed by atoms with Crippen LogP contribution < -0.4 is 10.1 Å². The summed E-state index contributed by atoms with van der Waals surface area (Å²) in [5, 5.41) is 3.43. The summed E-state index contributed by atoms with van der Waals surface area (Å²) >= 11 is 0. The smallest absolute Gasteiger partial charge is 0.165 e. The Hall–Kier alpha value is -1.63. The Labute approximate surface area is 166 Å². The number of nitrogens with zero attached hydrogens (tertiary/aromatic N) is 3. The maximum Gasteiger partial charge on any atom is 0.165 e. The molecule has 1 N–H and O–H groups in total. The molecule has 2 aromatic rings. The van der Waals surface area contributed by atoms with Gasteiger partial charge in [-0.1, -0.05) is 0 Å². The first kappa shape index (κ1) is 20.1. The first-order valence-corrected chi connectivity index (χ1v) is 9.58. The number of hydrogen-bond donors (Lipinski definition) is 1. The number of rotatable bonds is 6. The lowest BCUT2D eigenvalue weighted by molar-refractivity contribution is 0.173. The molecule has 1 aromatic carbocycles. The van der Waals surface area contributed by atoms with Crippen molar-refractivity contribution >= 4 is 12.4 Å². The maximum atomic E-state index is 13.8. The van der Waals surface area contributed by atoms with E-state index in [1.54, 1.807) is 12.1 Å². The van der Waals surface area contributed by atoms with E-state index in [4.69, 9.17) is 9.72 Å². The molecule has 0 unspecified atom stereocenters. The van der Waals surface area contributed by atoms with E-state index in [9.17, 15) is 4.39 Å². The Morgan fingerprint density at radius 1 is 1.22 bits per heavy atom. The van der Waals surface area contributed by atoms with Crippen molar-refractivity contribution < 1.29 is 9.13 Å². The van der Waals surface area contributed by atoms with Gasteiger partial charge in [0.05, 0.1) is 12.8 Å². The van der Waals surface area contributed by atoms with E-state index in [1.807, 2.05) is 0 Å². The minimum atomic E-state index is -0.341. The second-order valence-corrected chi connectivity index (χ2v) is 7.25. The van der Waals surface area contributed by atoms with Crippen molar-refractivity contribution in [2.45, 2.75) is 31.7 Å². The molecule has 148 valence electrons. The normalized spacial score (nSPS) is 18.0. The van der Waals surface area contributed by atoms with Crippen molar-refractivity contribution in [1.29, 1.82) is 0 Å². The molecule has 3 heterocycles. The SMILES string of the molecule is COc1cc(-c2cn(CCN3CCC3)c(C3CCNCC3)n2)ccc1F.Cl. The van der Waals surface area contributed by atoms with E-state index in [-0.39, 0.29) is 24.0 Å². The van der Waals surface area contributed by atoms with Crippen LogP contribution in [-0.4, -0.2) is 54.3 Å². The highest BCUT2D eigenvalue weighted by atomic mass is 35.5. The van der Waals surface area contributed by atoms with Crippen molar-refractivity contribution in [3.8, 4) is 17.0 Å². The van der Waals surface area contributed by atoms with Gasteiger partial charge in [0.15, 0.2) is 11.6 Å². The highest BCUT2D eigenvalue weighted by Crippen LogP contribution is 2.30. The summed E-state index contributed by atoms with van der Waals surface area (Å²) < 4.78 is 21.2. The van der Waals surface area contributed by atoms with E-state index in [0.29, 0.717) is 5.92 Å². The molecule has 0 spiro atoms. The average molecular weight is 395 g/mol. The molecule has 0 amide bonds. The topological polar surface area (TPSA) is 42.3 Å². The van der Waals surface area contributed by atoms with Gasteiger partial charge in [0, 0.05) is 30.8 Å². The van der Waals surface area contributed by atoms with Crippen LogP contribution in [0.2, 0.25) is 0 Å². The monoisotopic (exact) mass is 394 g/mol. The Bertz CT molecular complexity index is 756. The van der Waals surface area contributed by atoms with Crippen LogP contribution in [0.3, 0.4) is 0 Å². The summed E-state index contributed by atoms with van der Waals surface area (Å²) in [6.07, 6.45) is 5.68. The van der Waals surface area contributed by atoms with Crippen LogP contribution in [0, 0.1) is 5.82 Å². The third-order valence-electron chi connectivity index (χ3n) is 5.56. The third kappa shape index (κ3) is 4.45. The molecular weight excluding hydrogens is 367 g/mol. The van der Waals surface area contributed by atoms with Crippen molar-refractivity contribution in [2.75, 3.05) is 39.8 Å². The fourth-order valence-corrected chi connectivity index (χ4v) is 3.83. The van der Waals surface area contributed by atoms with E-state index < -0.39 is 0 Å². The van der Waals surface area contributed by atoms with Gasteiger partial charge in [0.25, 0.3) is 0 Å². The summed E-state index contributed by atoms with van der Waals surface area (Å²) in [6.45, 7) is 6.54. The van der Waals surface area contributed by atoms with Crippen molar-refractivity contribution in [2.24, 2.45) is 0 Å². The second kappa shape index (κ2) is 9.04. The molecular formula is C20H28ClFN4O. The summed E-state index contributed by atoms with van der Waals surface area (Å²) in [5.74, 6) is 1.59. The summed E-state index contributed by atoms with van der Waals surface area (Å²) in [7, 11) is 1.49. The molecule has 27 heavy (non-hydrogen) atoms. The highest BCUT2D eigenvalue weighted by molar-refractivity contribution is 5.85. The minimum Gasteiger partial charge on any atom is -0.494 e. The van der Waals surface area contributed by atoms with Gasteiger partial charge in [0.2, 0.25) is 0 Å². The number of hydrogen-bond acceptors (Lipinski definition) is 4. The van der Waals surface area contributed by atoms with Gasteiger partial charge in [-0.3, -0.25) is 0 Å². The summed E-state index contributed by atoms with van der Waals surface area (Å²) in [4.78, 5) is 7.45. The maximum absolute atomic E-state index is 13.8. The van der Waals surface area contributed by atoms with Gasteiger partial charge in [-0.15, -0.1) is 12.4 Å². The number of likely N-dealkylation sites (tertiary alicyclic amines) is 1. The molecule has 1 aromatic heterocycles. The number of piperidine rings is 1. The van der Waals surface area contributed by atoms with Crippen LogP contribution in [0.25, 0.3) is 11.3 Å². The lowest BCUT2D eigenvalue weighted by Crippen LogP contribution is -2.39. The zero-order chi connectivity index (χ0) is 17.9. The summed E-state index contributed by atoms with van der Waals surface area (Å²) in [5.41, 5.74) is 1.81. The molecule has 5 nitrogen and oxygen atoms in total. The molecule has 0 radical (unpaired) electrons. The predicted octanol–water partition coefficient (Wildman–Crippen LogP) is 3.29. The molecule has 0 saturated carbocycles. The van der Waals surface area contributed by atoms with Crippen LogP contribution in [0.1, 0.15) is 31.0 Å². The fourth-order valence-electron chi connectivity index (χ4n) is 3.83. The number of methoxy groups -OCH3 is 1.